The first-order valence-corrected chi connectivity index (χ1v) is 14.8. The molecule has 0 atom stereocenters. The molecule has 6 heteroatoms. The molecule has 6 nitrogen and oxygen atoms in total. The van der Waals surface area contributed by atoms with Crippen LogP contribution in [0.3, 0.4) is 0 Å². The van der Waals surface area contributed by atoms with Gasteiger partial charge in [0, 0.05) is 30.9 Å². The molecule has 0 spiro atoms. The van der Waals surface area contributed by atoms with E-state index in [0.29, 0.717) is 24.0 Å². The van der Waals surface area contributed by atoms with E-state index >= 15 is 0 Å². The fourth-order valence-electron chi connectivity index (χ4n) is 5.33. The lowest BCUT2D eigenvalue weighted by molar-refractivity contribution is 0.234. The smallest absolute Gasteiger partial charge is 0.197 e. The summed E-state index contributed by atoms with van der Waals surface area (Å²) in [5.74, 6) is 1.50. The summed E-state index contributed by atoms with van der Waals surface area (Å²) in [6, 6.07) is 11.7. The molecule has 38 heavy (non-hydrogen) atoms. The summed E-state index contributed by atoms with van der Waals surface area (Å²) in [6.07, 6.45) is 6.64. The Hall–Kier alpha value is -2.57. The zero-order valence-corrected chi connectivity index (χ0v) is 24.4. The number of aryl methyl sites for hydroxylation is 1. The molecule has 0 bridgehead atoms. The second-order valence-electron chi connectivity index (χ2n) is 10.3. The molecule has 0 saturated carbocycles. The van der Waals surface area contributed by atoms with E-state index in [1.54, 1.807) is 0 Å². The fraction of sp³-hybridized carbons (Fsp3) is 0.594. The predicted molar refractivity (Wildman–Crippen MR) is 161 cm³/mol. The van der Waals surface area contributed by atoms with Gasteiger partial charge >= 0.3 is 0 Å². The summed E-state index contributed by atoms with van der Waals surface area (Å²) in [5.41, 5.74) is 1.85. The van der Waals surface area contributed by atoms with E-state index < -0.39 is 0 Å². The summed E-state index contributed by atoms with van der Waals surface area (Å²) >= 11 is 0. The van der Waals surface area contributed by atoms with Crippen molar-refractivity contribution < 1.29 is 9.47 Å². The highest BCUT2D eigenvalue weighted by Crippen LogP contribution is 2.25. The van der Waals surface area contributed by atoms with Crippen LogP contribution in [-0.4, -0.2) is 66.8 Å². The SMILES string of the molecule is CCCN(CCC)CCCOc1ccc2c(c1)c(=O)c1cc(OCCCN(CCC)CCC)ccc1n2C. The van der Waals surface area contributed by atoms with Crippen molar-refractivity contribution in [2.45, 2.75) is 66.2 Å². The number of pyridine rings is 1. The molecule has 0 aliphatic heterocycles. The van der Waals surface area contributed by atoms with Gasteiger partial charge in [0.2, 0.25) is 0 Å². The Kier molecular flexibility index (Phi) is 12.4. The van der Waals surface area contributed by atoms with Gasteiger partial charge in [0.1, 0.15) is 11.5 Å². The van der Waals surface area contributed by atoms with E-state index in [4.69, 9.17) is 9.47 Å². The van der Waals surface area contributed by atoms with Crippen LogP contribution in [-0.2, 0) is 7.05 Å². The topological polar surface area (TPSA) is 46.9 Å². The Bertz CT molecular complexity index is 1090. The minimum absolute atomic E-state index is 0.0260. The number of fused-ring (bicyclic) bond motifs is 2. The van der Waals surface area contributed by atoms with E-state index in [9.17, 15) is 4.79 Å². The number of aromatic nitrogens is 1. The van der Waals surface area contributed by atoms with Gasteiger partial charge in [-0.2, -0.15) is 0 Å². The molecule has 1 aromatic heterocycles. The van der Waals surface area contributed by atoms with Gasteiger partial charge < -0.3 is 23.8 Å². The van der Waals surface area contributed by atoms with Gasteiger partial charge in [-0.3, -0.25) is 4.79 Å². The third-order valence-electron chi connectivity index (χ3n) is 7.08. The Balaban J connectivity index is 1.68. The van der Waals surface area contributed by atoms with E-state index in [0.717, 1.165) is 74.6 Å². The van der Waals surface area contributed by atoms with Crippen LogP contribution in [0, 0.1) is 0 Å². The van der Waals surface area contributed by atoms with Crippen molar-refractivity contribution in [3.63, 3.8) is 0 Å². The normalized spacial score (nSPS) is 11.8. The largest absolute Gasteiger partial charge is 0.494 e. The van der Waals surface area contributed by atoms with Crippen LogP contribution in [0.2, 0.25) is 0 Å². The van der Waals surface area contributed by atoms with E-state index in [1.807, 2.05) is 43.4 Å². The molecule has 1 heterocycles. The highest BCUT2D eigenvalue weighted by molar-refractivity contribution is 5.94. The molecule has 0 aliphatic carbocycles. The van der Waals surface area contributed by atoms with Gasteiger partial charge in [0.25, 0.3) is 0 Å². The number of nitrogens with zero attached hydrogens (tertiary/aromatic N) is 3. The maximum absolute atomic E-state index is 13.5. The van der Waals surface area contributed by atoms with Gasteiger partial charge in [0.05, 0.1) is 24.2 Å². The molecule has 2 aromatic carbocycles. The highest BCUT2D eigenvalue weighted by atomic mass is 16.5. The Morgan fingerprint density at radius 3 is 1.39 bits per heavy atom. The maximum Gasteiger partial charge on any atom is 0.197 e. The Labute approximate surface area is 229 Å². The molecule has 3 rings (SSSR count). The molecule has 0 aliphatic rings. The molecule has 0 amide bonds. The van der Waals surface area contributed by atoms with E-state index in [-0.39, 0.29) is 5.43 Å². The third kappa shape index (κ3) is 8.21. The molecular formula is C32H49N3O3. The van der Waals surface area contributed by atoms with Crippen LogP contribution < -0.4 is 14.9 Å². The van der Waals surface area contributed by atoms with Gasteiger partial charge in [0.15, 0.2) is 5.43 Å². The Morgan fingerprint density at radius 2 is 1.03 bits per heavy atom. The second kappa shape index (κ2) is 15.7. The second-order valence-corrected chi connectivity index (χ2v) is 10.3. The molecule has 0 fully saturated rings. The van der Waals surface area contributed by atoms with Crippen LogP contribution in [0.25, 0.3) is 21.8 Å². The summed E-state index contributed by atoms with van der Waals surface area (Å²) < 4.78 is 14.2. The van der Waals surface area contributed by atoms with Crippen molar-refractivity contribution in [1.82, 2.24) is 14.4 Å². The quantitative estimate of drug-likeness (QED) is 0.141. The zero-order chi connectivity index (χ0) is 27.3. The average molecular weight is 524 g/mol. The molecule has 210 valence electrons. The Morgan fingerprint density at radius 1 is 0.632 bits per heavy atom. The molecule has 0 saturated heterocycles. The minimum Gasteiger partial charge on any atom is -0.494 e. The van der Waals surface area contributed by atoms with Crippen LogP contribution in [0.15, 0.2) is 41.2 Å². The number of ether oxygens (including phenoxy) is 2. The summed E-state index contributed by atoms with van der Waals surface area (Å²) in [6.45, 7) is 16.8. The standard InChI is InChI=1S/C32H49N3O3/c1-6-16-34(17-7-2)20-10-22-37-26-12-14-30-28(24-26)32(36)29-25-27(13-15-31(29)33(30)5)38-23-11-21-35(18-8-3)19-9-4/h12-15,24-25H,6-11,16-23H2,1-5H3. The molecule has 0 radical (unpaired) electrons. The fourth-order valence-corrected chi connectivity index (χ4v) is 5.33. The number of hydrogen-bond donors (Lipinski definition) is 0. The van der Waals surface area contributed by atoms with E-state index in [1.165, 1.54) is 25.7 Å². The average Bonchev–Trinajstić information content (AvgIpc) is 2.92. The predicted octanol–water partition coefficient (Wildman–Crippen LogP) is 6.47. The van der Waals surface area contributed by atoms with Crippen molar-refractivity contribution in [3.8, 4) is 11.5 Å². The van der Waals surface area contributed by atoms with Crippen molar-refractivity contribution in [2.75, 3.05) is 52.5 Å². The first-order valence-electron chi connectivity index (χ1n) is 14.8. The first-order chi connectivity index (χ1) is 18.5. The lowest BCUT2D eigenvalue weighted by Gasteiger charge is -2.21. The van der Waals surface area contributed by atoms with Gasteiger partial charge in [-0.1, -0.05) is 27.7 Å². The summed E-state index contributed by atoms with van der Waals surface area (Å²) in [5, 5.41) is 1.37. The molecule has 0 unspecified atom stereocenters. The zero-order valence-electron chi connectivity index (χ0n) is 24.4. The van der Waals surface area contributed by atoms with Crippen LogP contribution in [0.4, 0.5) is 0 Å². The van der Waals surface area contributed by atoms with Crippen LogP contribution in [0.5, 0.6) is 11.5 Å². The van der Waals surface area contributed by atoms with Crippen molar-refractivity contribution in [3.05, 3.63) is 46.6 Å². The third-order valence-corrected chi connectivity index (χ3v) is 7.08. The lowest BCUT2D eigenvalue weighted by atomic mass is 10.1. The molecule has 3 aromatic rings. The monoisotopic (exact) mass is 523 g/mol. The molecular weight excluding hydrogens is 474 g/mol. The minimum atomic E-state index is 0.0260. The summed E-state index contributed by atoms with van der Waals surface area (Å²) in [7, 11) is 2.01. The van der Waals surface area contributed by atoms with Crippen molar-refractivity contribution in [1.29, 1.82) is 0 Å². The summed E-state index contributed by atoms with van der Waals surface area (Å²) in [4.78, 5) is 18.5. The number of rotatable bonds is 18. The lowest BCUT2D eigenvalue weighted by Crippen LogP contribution is -2.27. The highest BCUT2D eigenvalue weighted by Gasteiger charge is 2.12. The van der Waals surface area contributed by atoms with E-state index in [2.05, 4.69) is 42.1 Å². The van der Waals surface area contributed by atoms with Gasteiger partial charge in [-0.05, 0) is 101 Å². The van der Waals surface area contributed by atoms with Crippen molar-refractivity contribution >= 4 is 21.8 Å². The van der Waals surface area contributed by atoms with Crippen LogP contribution in [0.1, 0.15) is 66.2 Å². The van der Waals surface area contributed by atoms with Gasteiger partial charge in [-0.15, -0.1) is 0 Å². The molecule has 0 N–H and O–H groups in total. The first kappa shape index (κ1) is 30.0. The van der Waals surface area contributed by atoms with Gasteiger partial charge in [-0.25, -0.2) is 0 Å². The number of hydrogen-bond acceptors (Lipinski definition) is 5. The van der Waals surface area contributed by atoms with Crippen molar-refractivity contribution in [2.24, 2.45) is 7.05 Å². The maximum atomic E-state index is 13.5. The van der Waals surface area contributed by atoms with Crippen LogP contribution >= 0.6 is 0 Å². The number of benzene rings is 2.